The predicted octanol–water partition coefficient (Wildman–Crippen LogP) is 2.85. The molecule has 2 aromatic carbocycles. The molecule has 0 spiro atoms. The Labute approximate surface area is 155 Å². The standard InChI is InChI=1S/C19H21F2N3O3/c1-12(18(26)23-15-7-5-14(6-8-15)17(22)25)24(2)11-13-3-9-16(10-4-13)27-19(20)21/h3-10,12,19H,11H2,1-2H3,(H2,22,25)(H,23,26)/t12-/m1/s1. The monoisotopic (exact) mass is 377 g/mol. The molecule has 0 saturated carbocycles. The van der Waals surface area contributed by atoms with Crippen molar-refractivity contribution in [1.82, 2.24) is 4.90 Å². The lowest BCUT2D eigenvalue weighted by molar-refractivity contribution is -0.120. The van der Waals surface area contributed by atoms with Crippen molar-refractivity contribution in [1.29, 1.82) is 0 Å². The number of ether oxygens (including phenoxy) is 1. The van der Waals surface area contributed by atoms with Crippen LogP contribution in [0.1, 0.15) is 22.8 Å². The van der Waals surface area contributed by atoms with E-state index in [1.54, 1.807) is 38.2 Å². The molecule has 2 aromatic rings. The minimum atomic E-state index is -2.86. The Kier molecular flexibility index (Phi) is 6.84. The molecule has 0 aliphatic heterocycles. The lowest BCUT2D eigenvalue weighted by Gasteiger charge is -2.24. The van der Waals surface area contributed by atoms with Gasteiger partial charge in [-0.3, -0.25) is 14.5 Å². The number of rotatable bonds is 8. The van der Waals surface area contributed by atoms with E-state index in [-0.39, 0.29) is 11.7 Å². The predicted molar refractivity (Wildman–Crippen MR) is 97.6 cm³/mol. The van der Waals surface area contributed by atoms with Gasteiger partial charge in [-0.2, -0.15) is 8.78 Å². The molecule has 0 saturated heterocycles. The Morgan fingerprint density at radius 2 is 1.70 bits per heavy atom. The van der Waals surface area contributed by atoms with E-state index in [4.69, 9.17) is 5.73 Å². The Morgan fingerprint density at radius 3 is 2.22 bits per heavy atom. The average molecular weight is 377 g/mol. The lowest BCUT2D eigenvalue weighted by Crippen LogP contribution is -2.39. The molecular formula is C19H21F2N3O3. The topological polar surface area (TPSA) is 84.7 Å². The molecule has 1 atom stereocenters. The number of amides is 2. The summed E-state index contributed by atoms with van der Waals surface area (Å²) in [7, 11) is 1.78. The van der Waals surface area contributed by atoms with E-state index in [2.05, 4.69) is 10.1 Å². The number of benzene rings is 2. The summed E-state index contributed by atoms with van der Waals surface area (Å²) < 4.78 is 28.6. The van der Waals surface area contributed by atoms with Gasteiger partial charge in [0, 0.05) is 17.8 Å². The Balaban J connectivity index is 1.92. The summed E-state index contributed by atoms with van der Waals surface area (Å²) in [6.07, 6.45) is 0. The van der Waals surface area contributed by atoms with Gasteiger partial charge in [-0.1, -0.05) is 12.1 Å². The maximum atomic E-state index is 12.4. The van der Waals surface area contributed by atoms with E-state index in [9.17, 15) is 18.4 Å². The molecule has 144 valence electrons. The highest BCUT2D eigenvalue weighted by molar-refractivity contribution is 5.96. The van der Waals surface area contributed by atoms with Crippen molar-refractivity contribution in [3.05, 3.63) is 59.7 Å². The second kappa shape index (κ2) is 9.09. The minimum Gasteiger partial charge on any atom is -0.435 e. The normalized spacial score (nSPS) is 12.1. The number of nitrogens with zero attached hydrogens (tertiary/aromatic N) is 1. The van der Waals surface area contributed by atoms with Crippen LogP contribution in [0, 0.1) is 0 Å². The Hall–Kier alpha value is -3.00. The van der Waals surface area contributed by atoms with Crippen LogP contribution >= 0.6 is 0 Å². The molecule has 0 aromatic heterocycles. The first-order chi connectivity index (χ1) is 12.8. The highest BCUT2D eigenvalue weighted by atomic mass is 19.3. The molecule has 0 unspecified atom stereocenters. The number of carbonyl (C=O) groups is 2. The zero-order chi connectivity index (χ0) is 20.0. The van der Waals surface area contributed by atoms with Crippen molar-refractivity contribution < 1.29 is 23.1 Å². The first-order valence-electron chi connectivity index (χ1n) is 8.21. The number of hydrogen-bond acceptors (Lipinski definition) is 4. The van der Waals surface area contributed by atoms with Crippen LogP contribution < -0.4 is 15.8 Å². The van der Waals surface area contributed by atoms with Crippen molar-refractivity contribution in [3.8, 4) is 5.75 Å². The molecule has 0 bridgehead atoms. The molecule has 2 rings (SSSR count). The van der Waals surface area contributed by atoms with Gasteiger partial charge in [0.25, 0.3) is 0 Å². The van der Waals surface area contributed by atoms with Crippen LogP contribution in [0.15, 0.2) is 48.5 Å². The van der Waals surface area contributed by atoms with Crippen molar-refractivity contribution in [2.75, 3.05) is 12.4 Å². The fraction of sp³-hybridized carbons (Fsp3) is 0.263. The van der Waals surface area contributed by atoms with Gasteiger partial charge in [0.2, 0.25) is 11.8 Å². The van der Waals surface area contributed by atoms with Crippen LogP contribution in [0.4, 0.5) is 14.5 Å². The summed E-state index contributed by atoms with van der Waals surface area (Å²) in [5.74, 6) is -0.672. The average Bonchev–Trinajstić information content (AvgIpc) is 2.62. The van der Waals surface area contributed by atoms with Crippen molar-refractivity contribution in [3.63, 3.8) is 0 Å². The number of nitrogens with two attached hydrogens (primary N) is 1. The summed E-state index contributed by atoms with van der Waals surface area (Å²) in [5.41, 5.74) is 6.95. The zero-order valence-electron chi connectivity index (χ0n) is 15.0. The number of alkyl halides is 2. The summed E-state index contributed by atoms with van der Waals surface area (Å²) >= 11 is 0. The van der Waals surface area contributed by atoms with Gasteiger partial charge >= 0.3 is 6.61 Å². The quantitative estimate of drug-likeness (QED) is 0.741. The number of hydrogen-bond donors (Lipinski definition) is 2. The lowest BCUT2D eigenvalue weighted by atomic mass is 10.1. The second-order valence-corrected chi connectivity index (χ2v) is 6.04. The van der Waals surface area contributed by atoms with Gasteiger partial charge in [-0.05, 0) is 55.9 Å². The molecule has 0 heterocycles. The second-order valence-electron chi connectivity index (χ2n) is 6.04. The fourth-order valence-electron chi connectivity index (χ4n) is 2.37. The van der Waals surface area contributed by atoms with Crippen molar-refractivity contribution >= 4 is 17.5 Å². The van der Waals surface area contributed by atoms with E-state index < -0.39 is 18.6 Å². The Morgan fingerprint density at radius 1 is 1.11 bits per heavy atom. The molecule has 27 heavy (non-hydrogen) atoms. The number of halogens is 2. The van der Waals surface area contributed by atoms with Crippen molar-refractivity contribution in [2.24, 2.45) is 5.73 Å². The first-order valence-corrected chi connectivity index (χ1v) is 8.21. The molecule has 0 fully saturated rings. The van der Waals surface area contributed by atoms with Gasteiger partial charge in [0.05, 0.1) is 6.04 Å². The van der Waals surface area contributed by atoms with E-state index in [0.29, 0.717) is 17.8 Å². The van der Waals surface area contributed by atoms with Gasteiger partial charge in [-0.15, -0.1) is 0 Å². The first kappa shape index (κ1) is 20.3. The van der Waals surface area contributed by atoms with Gasteiger partial charge < -0.3 is 15.8 Å². The molecule has 0 aliphatic carbocycles. The van der Waals surface area contributed by atoms with Gasteiger partial charge in [0.15, 0.2) is 0 Å². The zero-order valence-corrected chi connectivity index (χ0v) is 15.0. The fourth-order valence-corrected chi connectivity index (χ4v) is 2.37. The third-order valence-corrected chi connectivity index (χ3v) is 4.06. The molecule has 0 aliphatic rings. The molecule has 6 nitrogen and oxygen atoms in total. The summed E-state index contributed by atoms with van der Waals surface area (Å²) in [4.78, 5) is 25.3. The van der Waals surface area contributed by atoms with Crippen LogP contribution in [-0.2, 0) is 11.3 Å². The van der Waals surface area contributed by atoms with E-state index in [1.807, 2.05) is 4.90 Å². The summed E-state index contributed by atoms with van der Waals surface area (Å²) in [5, 5.41) is 2.77. The van der Waals surface area contributed by atoms with Crippen LogP contribution in [0.25, 0.3) is 0 Å². The molecule has 2 amide bonds. The highest BCUT2D eigenvalue weighted by Crippen LogP contribution is 2.17. The molecular weight excluding hydrogens is 356 g/mol. The van der Waals surface area contributed by atoms with Gasteiger partial charge in [0.1, 0.15) is 5.75 Å². The largest absolute Gasteiger partial charge is 0.435 e. The van der Waals surface area contributed by atoms with Crippen LogP contribution in [0.5, 0.6) is 5.75 Å². The van der Waals surface area contributed by atoms with E-state index >= 15 is 0 Å². The number of anilines is 1. The SMILES string of the molecule is C[C@H](C(=O)Nc1ccc(C(N)=O)cc1)N(C)Cc1ccc(OC(F)F)cc1. The smallest absolute Gasteiger partial charge is 0.387 e. The molecule has 3 N–H and O–H groups in total. The summed E-state index contributed by atoms with van der Waals surface area (Å²) in [6, 6.07) is 12.1. The van der Waals surface area contributed by atoms with Crippen LogP contribution in [0.3, 0.4) is 0 Å². The minimum absolute atomic E-state index is 0.0848. The molecule has 8 heteroatoms. The van der Waals surface area contributed by atoms with E-state index in [1.165, 1.54) is 24.3 Å². The Bertz CT molecular complexity index is 780. The van der Waals surface area contributed by atoms with E-state index in [0.717, 1.165) is 5.56 Å². The number of nitrogens with one attached hydrogen (secondary N) is 1. The highest BCUT2D eigenvalue weighted by Gasteiger charge is 2.18. The van der Waals surface area contributed by atoms with Crippen molar-refractivity contribution in [2.45, 2.75) is 26.1 Å². The maximum Gasteiger partial charge on any atom is 0.387 e. The van der Waals surface area contributed by atoms with Crippen LogP contribution in [-0.4, -0.2) is 36.4 Å². The third-order valence-electron chi connectivity index (χ3n) is 4.06. The summed E-state index contributed by atoms with van der Waals surface area (Å²) in [6.45, 7) is -0.662. The maximum absolute atomic E-state index is 12.4. The number of primary amides is 1. The van der Waals surface area contributed by atoms with Crippen LogP contribution in [0.2, 0.25) is 0 Å². The molecule has 0 radical (unpaired) electrons. The third kappa shape index (κ3) is 6.03. The number of likely N-dealkylation sites (N-methyl/N-ethyl adjacent to an activating group) is 1. The van der Waals surface area contributed by atoms with Gasteiger partial charge in [-0.25, -0.2) is 0 Å². The number of carbonyl (C=O) groups excluding carboxylic acids is 2.